The van der Waals surface area contributed by atoms with Crippen molar-refractivity contribution in [1.82, 2.24) is 4.90 Å². The first-order valence-electron chi connectivity index (χ1n) is 10.4. The van der Waals surface area contributed by atoms with Crippen molar-refractivity contribution in [2.75, 3.05) is 43.4 Å². The number of piperazine rings is 1. The maximum absolute atomic E-state index is 13.2. The second kappa shape index (κ2) is 9.24. The SMILES string of the molecule is CCC(C)C(C(=O)Nc1ccc(N2CCN(C)CC2)cc1C)c1ccccc1. The van der Waals surface area contributed by atoms with Gasteiger partial charge in [-0.25, -0.2) is 0 Å². The Morgan fingerprint density at radius 3 is 2.36 bits per heavy atom. The number of hydrogen-bond acceptors (Lipinski definition) is 3. The molecule has 1 fully saturated rings. The Bertz CT molecular complexity index is 782. The van der Waals surface area contributed by atoms with Crippen LogP contribution in [0.15, 0.2) is 48.5 Å². The fourth-order valence-corrected chi connectivity index (χ4v) is 3.89. The molecule has 1 N–H and O–H groups in total. The number of amides is 1. The van der Waals surface area contributed by atoms with Crippen molar-refractivity contribution in [2.24, 2.45) is 5.92 Å². The number of carbonyl (C=O) groups is 1. The molecule has 4 heteroatoms. The van der Waals surface area contributed by atoms with Gasteiger partial charge in [0, 0.05) is 37.6 Å². The first-order valence-corrected chi connectivity index (χ1v) is 10.4. The molecule has 2 aromatic carbocycles. The third-order valence-corrected chi connectivity index (χ3v) is 5.99. The lowest BCUT2D eigenvalue weighted by molar-refractivity contribution is -0.118. The van der Waals surface area contributed by atoms with Gasteiger partial charge < -0.3 is 15.1 Å². The Morgan fingerprint density at radius 2 is 1.75 bits per heavy atom. The highest BCUT2D eigenvalue weighted by atomic mass is 16.1. The van der Waals surface area contributed by atoms with Gasteiger partial charge in [-0.2, -0.15) is 0 Å². The van der Waals surface area contributed by atoms with Crippen LogP contribution in [0.1, 0.15) is 37.3 Å². The Balaban J connectivity index is 1.75. The van der Waals surface area contributed by atoms with E-state index in [9.17, 15) is 4.79 Å². The van der Waals surface area contributed by atoms with Crippen LogP contribution >= 0.6 is 0 Å². The summed E-state index contributed by atoms with van der Waals surface area (Å²) in [6.07, 6.45) is 0.967. The summed E-state index contributed by atoms with van der Waals surface area (Å²) in [5.74, 6) is 0.228. The molecule has 1 aliphatic rings. The molecule has 1 aliphatic heterocycles. The molecule has 0 radical (unpaired) electrons. The van der Waals surface area contributed by atoms with Crippen molar-refractivity contribution in [2.45, 2.75) is 33.1 Å². The molecule has 1 heterocycles. The molecule has 28 heavy (non-hydrogen) atoms. The van der Waals surface area contributed by atoms with Gasteiger partial charge in [-0.05, 0) is 49.2 Å². The minimum Gasteiger partial charge on any atom is -0.369 e. The van der Waals surface area contributed by atoms with Crippen LogP contribution in [-0.4, -0.2) is 44.0 Å². The van der Waals surface area contributed by atoms with E-state index in [-0.39, 0.29) is 17.7 Å². The van der Waals surface area contributed by atoms with Crippen molar-refractivity contribution < 1.29 is 4.79 Å². The smallest absolute Gasteiger partial charge is 0.232 e. The molecule has 150 valence electrons. The number of carbonyl (C=O) groups excluding carboxylic acids is 1. The molecule has 0 aromatic heterocycles. The number of nitrogens with one attached hydrogen (secondary N) is 1. The molecule has 1 amide bonds. The molecule has 3 rings (SSSR count). The maximum atomic E-state index is 13.2. The topological polar surface area (TPSA) is 35.6 Å². The molecule has 0 bridgehead atoms. The Morgan fingerprint density at radius 1 is 1.07 bits per heavy atom. The summed E-state index contributed by atoms with van der Waals surface area (Å²) in [5, 5.41) is 3.20. The highest BCUT2D eigenvalue weighted by molar-refractivity contribution is 5.96. The van der Waals surface area contributed by atoms with E-state index in [0.29, 0.717) is 0 Å². The Hall–Kier alpha value is -2.33. The quantitative estimate of drug-likeness (QED) is 0.802. The monoisotopic (exact) mass is 379 g/mol. The fourth-order valence-electron chi connectivity index (χ4n) is 3.89. The predicted molar refractivity (Wildman–Crippen MR) is 118 cm³/mol. The summed E-state index contributed by atoms with van der Waals surface area (Å²) in [6.45, 7) is 10.6. The maximum Gasteiger partial charge on any atom is 0.232 e. The average molecular weight is 380 g/mol. The number of aryl methyl sites for hydroxylation is 1. The van der Waals surface area contributed by atoms with Crippen molar-refractivity contribution in [3.8, 4) is 0 Å². The average Bonchev–Trinajstić information content (AvgIpc) is 2.71. The minimum absolute atomic E-state index is 0.0796. The zero-order valence-corrected chi connectivity index (χ0v) is 17.6. The van der Waals surface area contributed by atoms with Gasteiger partial charge in [0.1, 0.15) is 0 Å². The van der Waals surface area contributed by atoms with Gasteiger partial charge >= 0.3 is 0 Å². The standard InChI is InChI=1S/C24H33N3O/c1-5-18(2)23(20-9-7-6-8-10-20)24(28)25-22-12-11-21(17-19(22)3)27-15-13-26(4)14-16-27/h6-12,17-18,23H,5,13-16H2,1-4H3,(H,25,28). The first kappa shape index (κ1) is 20.4. The molecule has 2 atom stereocenters. The summed E-state index contributed by atoms with van der Waals surface area (Å²) in [7, 11) is 2.17. The molecule has 2 aromatic rings. The van der Waals surface area contributed by atoms with Crippen molar-refractivity contribution in [3.05, 3.63) is 59.7 Å². The van der Waals surface area contributed by atoms with Crippen LogP contribution in [0, 0.1) is 12.8 Å². The van der Waals surface area contributed by atoms with E-state index in [0.717, 1.165) is 49.4 Å². The van der Waals surface area contributed by atoms with Crippen LogP contribution in [0.2, 0.25) is 0 Å². The largest absolute Gasteiger partial charge is 0.369 e. The van der Waals surface area contributed by atoms with Crippen molar-refractivity contribution in [3.63, 3.8) is 0 Å². The molecule has 0 aliphatic carbocycles. The van der Waals surface area contributed by atoms with Crippen LogP contribution in [0.4, 0.5) is 11.4 Å². The van der Waals surface area contributed by atoms with E-state index in [1.54, 1.807) is 0 Å². The number of likely N-dealkylation sites (N-methyl/N-ethyl adjacent to an activating group) is 1. The van der Waals surface area contributed by atoms with Gasteiger partial charge in [-0.1, -0.05) is 50.6 Å². The lowest BCUT2D eigenvalue weighted by Crippen LogP contribution is -2.44. The van der Waals surface area contributed by atoms with Gasteiger partial charge in [0.2, 0.25) is 5.91 Å². The molecular formula is C24H33N3O. The van der Waals surface area contributed by atoms with Gasteiger partial charge in [-0.3, -0.25) is 4.79 Å². The van der Waals surface area contributed by atoms with Crippen LogP contribution in [-0.2, 0) is 4.79 Å². The zero-order valence-electron chi connectivity index (χ0n) is 17.6. The highest BCUT2D eigenvalue weighted by Crippen LogP contribution is 2.30. The summed E-state index contributed by atoms with van der Waals surface area (Å²) >= 11 is 0. The van der Waals surface area contributed by atoms with E-state index in [1.807, 2.05) is 18.2 Å². The Labute approximate surface area is 169 Å². The lowest BCUT2D eigenvalue weighted by Gasteiger charge is -2.34. The third kappa shape index (κ3) is 4.74. The van der Waals surface area contributed by atoms with Crippen LogP contribution in [0.3, 0.4) is 0 Å². The number of nitrogens with zero attached hydrogens (tertiary/aromatic N) is 2. The van der Waals surface area contributed by atoms with E-state index in [2.05, 4.69) is 73.3 Å². The first-order chi connectivity index (χ1) is 13.5. The van der Waals surface area contributed by atoms with Crippen LogP contribution in [0.5, 0.6) is 0 Å². The van der Waals surface area contributed by atoms with Crippen molar-refractivity contribution >= 4 is 17.3 Å². The van der Waals surface area contributed by atoms with E-state index < -0.39 is 0 Å². The number of anilines is 2. The summed E-state index contributed by atoms with van der Waals surface area (Å²) in [6, 6.07) is 16.5. The van der Waals surface area contributed by atoms with Gasteiger partial charge in [0.15, 0.2) is 0 Å². The number of rotatable bonds is 6. The fraction of sp³-hybridized carbons (Fsp3) is 0.458. The van der Waals surface area contributed by atoms with E-state index in [1.165, 1.54) is 5.69 Å². The molecule has 1 saturated heterocycles. The molecular weight excluding hydrogens is 346 g/mol. The molecule has 4 nitrogen and oxygen atoms in total. The van der Waals surface area contributed by atoms with Gasteiger partial charge in [-0.15, -0.1) is 0 Å². The second-order valence-electron chi connectivity index (χ2n) is 8.05. The van der Waals surface area contributed by atoms with E-state index in [4.69, 9.17) is 0 Å². The minimum atomic E-state index is -0.136. The van der Waals surface area contributed by atoms with Crippen molar-refractivity contribution in [1.29, 1.82) is 0 Å². The molecule has 0 saturated carbocycles. The summed E-state index contributed by atoms with van der Waals surface area (Å²) < 4.78 is 0. The normalized spacial score (nSPS) is 17.2. The van der Waals surface area contributed by atoms with Gasteiger partial charge in [0.25, 0.3) is 0 Å². The predicted octanol–water partition coefficient (Wildman–Crippen LogP) is 4.52. The summed E-state index contributed by atoms with van der Waals surface area (Å²) in [4.78, 5) is 17.9. The molecule has 0 spiro atoms. The number of hydrogen-bond donors (Lipinski definition) is 1. The summed E-state index contributed by atoms with van der Waals surface area (Å²) in [5.41, 5.74) is 4.35. The van der Waals surface area contributed by atoms with E-state index >= 15 is 0 Å². The molecule has 2 unspecified atom stereocenters. The third-order valence-electron chi connectivity index (χ3n) is 5.99. The Kier molecular flexibility index (Phi) is 6.74. The van der Waals surface area contributed by atoms with Gasteiger partial charge in [0.05, 0.1) is 5.92 Å². The number of benzene rings is 2. The highest BCUT2D eigenvalue weighted by Gasteiger charge is 2.26. The lowest BCUT2D eigenvalue weighted by atomic mass is 9.85. The van der Waals surface area contributed by atoms with Crippen LogP contribution in [0.25, 0.3) is 0 Å². The van der Waals surface area contributed by atoms with Crippen LogP contribution < -0.4 is 10.2 Å². The second-order valence-corrected chi connectivity index (χ2v) is 8.05. The zero-order chi connectivity index (χ0) is 20.1.